The molecule has 4 heterocycles. The Hall–Kier alpha value is -7.35. The molecule has 0 aliphatic carbocycles. The smallest absolute Gasteiger partial charge is 0.241 e. The van der Waals surface area contributed by atoms with Crippen LogP contribution in [0.2, 0.25) is 0 Å². The lowest BCUT2D eigenvalue weighted by molar-refractivity contribution is -0.150. The summed E-state index contributed by atoms with van der Waals surface area (Å²) in [5.74, 6) is -6.77. The Kier molecular flexibility index (Phi) is 14.6. The lowest BCUT2D eigenvalue weighted by Gasteiger charge is -2.51. The summed E-state index contributed by atoms with van der Waals surface area (Å²) in [7, 11) is 6.44. The highest BCUT2D eigenvalue weighted by molar-refractivity contribution is 6.04. The lowest BCUT2D eigenvalue weighted by atomic mass is 9.67. The number of Topliss-reactive ketones (excluding diaryl/α,β-unsaturated/α-hetero) is 4. The van der Waals surface area contributed by atoms with Gasteiger partial charge < -0.3 is 9.80 Å². The fourth-order valence-corrected chi connectivity index (χ4v) is 10.4. The third kappa shape index (κ3) is 9.85. The Labute approximate surface area is 396 Å². The number of carbonyl (C=O) groups is 6. The molecule has 0 saturated carbocycles. The maximum atomic E-state index is 15.3. The van der Waals surface area contributed by atoms with Crippen LogP contribution in [0.3, 0.4) is 0 Å². The van der Waals surface area contributed by atoms with Gasteiger partial charge in [0.05, 0.1) is 0 Å². The van der Waals surface area contributed by atoms with Gasteiger partial charge in [0.1, 0.15) is 18.4 Å². The summed E-state index contributed by atoms with van der Waals surface area (Å²) in [6, 6.07) is 36.5. The van der Waals surface area contributed by atoms with Gasteiger partial charge in [0.2, 0.25) is 11.8 Å². The summed E-state index contributed by atoms with van der Waals surface area (Å²) in [5, 5.41) is 0. The summed E-state index contributed by atoms with van der Waals surface area (Å²) in [6.07, 6.45) is 7.95. The van der Waals surface area contributed by atoms with E-state index in [9.17, 15) is 0 Å². The average molecular weight is 910 g/mol. The molecule has 2 aromatic heterocycles. The normalized spacial score (nSPS) is 21.7. The number of rotatable bonds is 15. The number of hydrogen-bond acceptors (Lipinski definition) is 11. The minimum atomic E-state index is -1.30. The van der Waals surface area contributed by atoms with Gasteiger partial charge in [-0.2, -0.15) is 0 Å². The quantitative estimate of drug-likeness (QED) is 0.107. The highest BCUT2D eigenvalue weighted by Crippen LogP contribution is 2.45. The van der Waals surface area contributed by atoms with E-state index >= 15 is 28.8 Å². The summed E-state index contributed by atoms with van der Waals surface area (Å²) < 4.78 is 0. The van der Waals surface area contributed by atoms with Gasteiger partial charge in [-0.25, -0.2) is 9.97 Å². The minimum Gasteiger partial charge on any atom is -0.347 e. The van der Waals surface area contributed by atoms with Crippen LogP contribution in [0.1, 0.15) is 64.4 Å². The minimum absolute atomic E-state index is 0.00267. The van der Waals surface area contributed by atoms with E-state index in [2.05, 4.69) is 15.0 Å². The standard InChI is InChI=1S/C55H55N7O6/c1-59(2)54(67)48(61-31-42(50(63)37-17-9-5-10-18-37)46(36-25-27-56-28-26-36)43(32-61)51(64)38-19-11-6-12-20-38)49(55(68)60(3)4)62-33-44(52(65)39-21-13-7-14-22-39)47(41-29-57-35-58-30-41)45(34-62)53(66)40-23-15-8-16-24-40/h5-30,35,42-49H,31-34H2,1-4H3/t42-,43+,44-,45+,46?,47?,48?,49?. The number of amides is 2. The Morgan fingerprint density at radius 1 is 0.426 bits per heavy atom. The first-order chi connectivity index (χ1) is 32.9. The second-order valence-corrected chi connectivity index (χ2v) is 18.1. The maximum absolute atomic E-state index is 15.3. The molecule has 4 aromatic carbocycles. The van der Waals surface area contributed by atoms with Crippen LogP contribution in [-0.2, 0) is 9.59 Å². The number of hydrogen-bond donors (Lipinski definition) is 0. The van der Waals surface area contributed by atoms with Crippen molar-refractivity contribution in [3.63, 3.8) is 0 Å². The number of carbonyl (C=O) groups excluding carboxylic acids is 6. The molecule has 2 aliphatic heterocycles. The largest absolute Gasteiger partial charge is 0.347 e. The molecule has 2 amide bonds. The summed E-state index contributed by atoms with van der Waals surface area (Å²) >= 11 is 0. The van der Waals surface area contributed by atoms with Gasteiger partial charge >= 0.3 is 0 Å². The first-order valence-electron chi connectivity index (χ1n) is 22.9. The highest BCUT2D eigenvalue weighted by atomic mass is 16.2. The maximum Gasteiger partial charge on any atom is 0.241 e. The number of nitrogens with zero attached hydrogens (tertiary/aromatic N) is 7. The number of likely N-dealkylation sites (N-methyl/N-ethyl adjacent to an activating group) is 2. The molecule has 4 unspecified atom stereocenters. The van der Waals surface area contributed by atoms with Crippen molar-refractivity contribution in [2.24, 2.45) is 23.7 Å². The summed E-state index contributed by atoms with van der Waals surface area (Å²) in [6.45, 7) is -0.0618. The molecule has 6 aromatic rings. The van der Waals surface area contributed by atoms with Crippen LogP contribution in [0.4, 0.5) is 0 Å². The summed E-state index contributed by atoms with van der Waals surface area (Å²) in [4.78, 5) is 111. The molecule has 2 fully saturated rings. The van der Waals surface area contributed by atoms with Crippen LogP contribution < -0.4 is 0 Å². The van der Waals surface area contributed by atoms with Gasteiger partial charge in [-0.1, -0.05) is 121 Å². The number of aromatic nitrogens is 3. The Morgan fingerprint density at radius 3 is 1.01 bits per heavy atom. The van der Waals surface area contributed by atoms with Crippen LogP contribution >= 0.6 is 0 Å². The fraction of sp³-hybridized carbons (Fsp3) is 0.291. The number of benzene rings is 4. The second-order valence-electron chi connectivity index (χ2n) is 18.1. The zero-order chi connectivity index (χ0) is 47.9. The highest BCUT2D eigenvalue weighted by Gasteiger charge is 2.54. The number of ketones is 4. The molecule has 8 rings (SSSR count). The summed E-state index contributed by atoms with van der Waals surface area (Å²) in [5.41, 5.74) is 3.07. The van der Waals surface area contributed by atoms with Gasteiger partial charge in [-0.3, -0.25) is 43.6 Å². The first-order valence-corrected chi connectivity index (χ1v) is 22.9. The van der Waals surface area contributed by atoms with Crippen LogP contribution in [0, 0.1) is 23.7 Å². The van der Waals surface area contributed by atoms with Crippen molar-refractivity contribution in [1.29, 1.82) is 0 Å². The van der Waals surface area contributed by atoms with Crippen LogP contribution in [0.15, 0.2) is 165 Å². The molecule has 13 heteroatoms. The van der Waals surface area contributed by atoms with Crippen molar-refractivity contribution >= 4 is 34.9 Å². The molecule has 346 valence electrons. The van der Waals surface area contributed by atoms with Gasteiger partial charge in [0.25, 0.3) is 0 Å². The van der Waals surface area contributed by atoms with E-state index in [0.717, 1.165) is 5.56 Å². The molecule has 2 aliphatic rings. The zero-order valence-corrected chi connectivity index (χ0v) is 38.6. The molecule has 0 bridgehead atoms. The monoisotopic (exact) mass is 909 g/mol. The van der Waals surface area contributed by atoms with Crippen LogP contribution in [0.25, 0.3) is 0 Å². The van der Waals surface area contributed by atoms with Crippen molar-refractivity contribution in [3.8, 4) is 0 Å². The molecular formula is C55H55N7O6. The van der Waals surface area contributed by atoms with Crippen LogP contribution in [0.5, 0.6) is 0 Å². The van der Waals surface area contributed by atoms with E-state index in [1.165, 1.54) is 16.1 Å². The van der Waals surface area contributed by atoms with Gasteiger partial charge in [0.15, 0.2) is 23.1 Å². The van der Waals surface area contributed by atoms with Crippen LogP contribution in [-0.4, -0.2) is 136 Å². The Bertz CT molecular complexity index is 2400. The van der Waals surface area contributed by atoms with Gasteiger partial charge in [-0.05, 0) is 23.3 Å². The van der Waals surface area contributed by atoms with Gasteiger partial charge in [0, 0.05) is 137 Å². The van der Waals surface area contributed by atoms with Crippen molar-refractivity contribution in [1.82, 2.24) is 34.6 Å². The molecular weight excluding hydrogens is 855 g/mol. The fourth-order valence-electron chi connectivity index (χ4n) is 10.4. The van der Waals surface area contributed by atoms with Gasteiger partial charge in [-0.15, -0.1) is 0 Å². The Morgan fingerprint density at radius 2 is 0.721 bits per heavy atom. The van der Waals surface area contributed by atoms with Crippen molar-refractivity contribution in [2.75, 3.05) is 54.4 Å². The lowest BCUT2D eigenvalue weighted by Crippen LogP contribution is -2.68. The molecule has 68 heavy (non-hydrogen) atoms. The zero-order valence-electron chi connectivity index (χ0n) is 38.6. The molecule has 0 radical (unpaired) electrons. The second kappa shape index (κ2) is 21.1. The van der Waals surface area contributed by atoms with E-state index in [1.807, 2.05) is 46.2 Å². The number of piperidine rings is 2. The average Bonchev–Trinajstić information content (AvgIpc) is 3.39. The predicted molar refractivity (Wildman–Crippen MR) is 257 cm³/mol. The topological polar surface area (TPSA) is 154 Å². The van der Waals surface area contributed by atoms with Crippen molar-refractivity contribution in [2.45, 2.75) is 23.9 Å². The Balaban J connectivity index is 1.32. The molecule has 0 N–H and O–H groups in total. The van der Waals surface area contributed by atoms with E-state index in [4.69, 9.17) is 0 Å². The number of pyridine rings is 1. The van der Waals surface area contributed by atoms with Crippen molar-refractivity contribution in [3.05, 3.63) is 198 Å². The van der Waals surface area contributed by atoms with E-state index in [0.29, 0.717) is 27.8 Å². The molecule has 8 atom stereocenters. The molecule has 2 saturated heterocycles. The molecule has 13 nitrogen and oxygen atoms in total. The SMILES string of the molecule is CN(C)C(=O)C(C(C(=O)N(C)C)N1C[C@H](C(=O)c2ccccc2)C(c2cncnc2)[C@H](C(=O)c2ccccc2)C1)N1C[C@H](C(=O)c2ccccc2)C(c2ccncc2)[C@H](C(=O)c2ccccc2)C1. The van der Waals surface area contributed by atoms with E-state index in [-0.39, 0.29) is 49.3 Å². The van der Waals surface area contributed by atoms with E-state index in [1.54, 1.807) is 150 Å². The van der Waals surface area contributed by atoms with E-state index < -0.39 is 59.4 Å². The number of likely N-dealkylation sites (tertiary alicyclic amines) is 2. The first kappa shape index (κ1) is 47.2. The third-order valence-corrected chi connectivity index (χ3v) is 13.6. The van der Waals surface area contributed by atoms with Crippen molar-refractivity contribution < 1.29 is 28.8 Å². The third-order valence-electron chi connectivity index (χ3n) is 13.6. The predicted octanol–water partition coefficient (Wildman–Crippen LogP) is 6.28. The molecule has 0 spiro atoms.